The molecule has 0 aromatic carbocycles. The highest BCUT2D eigenvalue weighted by Crippen LogP contribution is 2.23. The highest BCUT2D eigenvalue weighted by Gasteiger charge is 2.38. The molecule has 20 heavy (non-hydrogen) atoms. The SMILES string of the molecule is CNC(=O)C1CCCCN1S(=O)(=O)c1c[nH]ccc1=O. The Hall–Kier alpha value is -1.67. The number of pyridine rings is 1. The third-order valence-corrected chi connectivity index (χ3v) is 5.31. The summed E-state index contributed by atoms with van der Waals surface area (Å²) in [7, 11) is -2.50. The van der Waals surface area contributed by atoms with Crippen LogP contribution in [0, 0.1) is 0 Å². The topological polar surface area (TPSA) is 99.3 Å². The Bertz CT molecular complexity index is 653. The molecule has 1 fully saturated rings. The number of carbonyl (C=O) groups excluding carboxylic acids is 1. The molecule has 0 radical (unpaired) electrons. The van der Waals surface area contributed by atoms with Crippen LogP contribution in [0.25, 0.3) is 0 Å². The van der Waals surface area contributed by atoms with E-state index in [2.05, 4.69) is 10.3 Å². The van der Waals surface area contributed by atoms with Crippen LogP contribution < -0.4 is 10.7 Å². The zero-order chi connectivity index (χ0) is 14.8. The first-order valence-electron chi connectivity index (χ1n) is 6.39. The Labute approximate surface area is 117 Å². The molecule has 2 rings (SSSR count). The number of nitrogens with zero attached hydrogens (tertiary/aromatic N) is 1. The van der Waals surface area contributed by atoms with Gasteiger partial charge in [-0.2, -0.15) is 4.31 Å². The molecule has 8 heteroatoms. The minimum atomic E-state index is -3.97. The minimum Gasteiger partial charge on any atom is -0.366 e. The van der Waals surface area contributed by atoms with Crippen LogP contribution in [0.3, 0.4) is 0 Å². The van der Waals surface area contributed by atoms with E-state index in [-0.39, 0.29) is 17.3 Å². The molecular weight excluding hydrogens is 282 g/mol. The van der Waals surface area contributed by atoms with Crippen molar-refractivity contribution in [2.45, 2.75) is 30.2 Å². The summed E-state index contributed by atoms with van der Waals surface area (Å²) in [5.74, 6) is -0.347. The normalized spacial score (nSPS) is 20.6. The van der Waals surface area contributed by atoms with E-state index in [0.717, 1.165) is 23.0 Å². The molecule has 1 saturated heterocycles. The molecule has 2 N–H and O–H groups in total. The molecule has 1 aromatic heterocycles. The molecule has 0 saturated carbocycles. The molecule has 2 heterocycles. The molecule has 0 bridgehead atoms. The number of amides is 1. The molecule has 7 nitrogen and oxygen atoms in total. The van der Waals surface area contributed by atoms with Crippen LogP contribution in [-0.4, -0.2) is 43.2 Å². The van der Waals surface area contributed by atoms with Gasteiger partial charge in [-0.15, -0.1) is 0 Å². The van der Waals surface area contributed by atoms with E-state index >= 15 is 0 Å². The van der Waals surface area contributed by atoms with Gasteiger partial charge in [0.2, 0.25) is 21.4 Å². The van der Waals surface area contributed by atoms with Crippen LogP contribution >= 0.6 is 0 Å². The van der Waals surface area contributed by atoms with Crippen molar-refractivity contribution in [1.82, 2.24) is 14.6 Å². The average Bonchev–Trinajstić information content (AvgIpc) is 2.46. The van der Waals surface area contributed by atoms with Crippen molar-refractivity contribution in [2.24, 2.45) is 0 Å². The summed E-state index contributed by atoms with van der Waals surface area (Å²) in [4.78, 5) is 25.8. The van der Waals surface area contributed by atoms with Crippen LogP contribution in [0.5, 0.6) is 0 Å². The van der Waals surface area contributed by atoms with Crippen LogP contribution in [0.15, 0.2) is 28.2 Å². The van der Waals surface area contributed by atoms with Gasteiger partial charge >= 0.3 is 0 Å². The van der Waals surface area contributed by atoms with Gasteiger partial charge in [-0.25, -0.2) is 8.42 Å². The largest absolute Gasteiger partial charge is 0.366 e. The summed E-state index contributed by atoms with van der Waals surface area (Å²) in [6, 6.07) is 0.407. The van der Waals surface area contributed by atoms with Crippen LogP contribution in [0.2, 0.25) is 0 Å². The quantitative estimate of drug-likeness (QED) is 0.798. The Morgan fingerprint density at radius 1 is 1.45 bits per heavy atom. The van der Waals surface area contributed by atoms with Gasteiger partial charge in [0.05, 0.1) is 0 Å². The fraction of sp³-hybridized carbons (Fsp3) is 0.500. The van der Waals surface area contributed by atoms with E-state index < -0.39 is 21.5 Å². The number of likely N-dealkylation sites (N-methyl/N-ethyl adjacent to an activating group) is 1. The van der Waals surface area contributed by atoms with Crippen molar-refractivity contribution in [3.8, 4) is 0 Å². The second kappa shape index (κ2) is 5.76. The van der Waals surface area contributed by atoms with Crippen molar-refractivity contribution in [2.75, 3.05) is 13.6 Å². The third kappa shape index (κ3) is 2.61. The number of piperidine rings is 1. The third-order valence-electron chi connectivity index (χ3n) is 3.38. The first kappa shape index (κ1) is 14.7. The molecule has 0 aliphatic carbocycles. The second-order valence-corrected chi connectivity index (χ2v) is 6.47. The van der Waals surface area contributed by atoms with Gasteiger partial charge < -0.3 is 10.3 Å². The van der Waals surface area contributed by atoms with Crippen LogP contribution in [0.4, 0.5) is 0 Å². The zero-order valence-corrected chi connectivity index (χ0v) is 11.9. The van der Waals surface area contributed by atoms with E-state index in [4.69, 9.17) is 0 Å². The lowest BCUT2D eigenvalue weighted by Gasteiger charge is -2.33. The summed E-state index contributed by atoms with van der Waals surface area (Å²) in [6.45, 7) is 0.245. The second-order valence-electron chi connectivity index (χ2n) is 4.61. The van der Waals surface area contributed by atoms with Crippen molar-refractivity contribution in [1.29, 1.82) is 0 Å². The molecule has 1 aromatic rings. The first-order valence-corrected chi connectivity index (χ1v) is 7.83. The molecule has 1 aliphatic rings. The number of sulfonamides is 1. The maximum Gasteiger partial charge on any atom is 0.249 e. The summed E-state index contributed by atoms with van der Waals surface area (Å²) in [5.41, 5.74) is -0.579. The maximum atomic E-state index is 12.6. The number of rotatable bonds is 3. The molecule has 1 unspecified atom stereocenters. The van der Waals surface area contributed by atoms with Gasteiger partial charge in [0.25, 0.3) is 0 Å². The van der Waals surface area contributed by atoms with Gasteiger partial charge in [-0.05, 0) is 12.8 Å². The van der Waals surface area contributed by atoms with Gasteiger partial charge in [0.1, 0.15) is 10.9 Å². The predicted octanol–water partition coefficient (Wildman–Crippen LogP) is -0.336. The van der Waals surface area contributed by atoms with Gasteiger partial charge in [0.15, 0.2) is 0 Å². The van der Waals surface area contributed by atoms with E-state index in [1.165, 1.54) is 13.2 Å². The zero-order valence-electron chi connectivity index (χ0n) is 11.1. The minimum absolute atomic E-state index is 0.245. The number of hydrogen-bond acceptors (Lipinski definition) is 4. The summed E-state index contributed by atoms with van der Waals surface area (Å²) < 4.78 is 26.3. The van der Waals surface area contributed by atoms with Crippen molar-refractivity contribution >= 4 is 15.9 Å². The molecular formula is C12H17N3O4S. The van der Waals surface area contributed by atoms with E-state index in [0.29, 0.717) is 12.8 Å². The number of nitrogens with one attached hydrogen (secondary N) is 2. The fourth-order valence-electron chi connectivity index (χ4n) is 2.35. The molecule has 0 spiro atoms. The Balaban J connectivity index is 2.44. The van der Waals surface area contributed by atoms with Crippen molar-refractivity contribution in [3.63, 3.8) is 0 Å². The van der Waals surface area contributed by atoms with E-state index in [9.17, 15) is 18.0 Å². The van der Waals surface area contributed by atoms with Gasteiger partial charge in [-0.3, -0.25) is 9.59 Å². The Morgan fingerprint density at radius 3 is 2.85 bits per heavy atom. The van der Waals surface area contributed by atoms with Crippen molar-refractivity contribution < 1.29 is 13.2 Å². The highest BCUT2D eigenvalue weighted by molar-refractivity contribution is 7.89. The fourth-order valence-corrected chi connectivity index (χ4v) is 4.05. The smallest absolute Gasteiger partial charge is 0.249 e. The van der Waals surface area contributed by atoms with Crippen LogP contribution in [0.1, 0.15) is 19.3 Å². The summed E-state index contributed by atoms with van der Waals surface area (Å²) in [5, 5.41) is 2.47. The first-order chi connectivity index (χ1) is 9.48. The van der Waals surface area contributed by atoms with E-state index in [1.807, 2.05) is 0 Å². The van der Waals surface area contributed by atoms with Gasteiger partial charge in [0, 0.05) is 32.1 Å². The van der Waals surface area contributed by atoms with E-state index in [1.54, 1.807) is 0 Å². The monoisotopic (exact) mass is 299 g/mol. The maximum absolute atomic E-state index is 12.6. The number of H-pyrrole nitrogens is 1. The number of carbonyl (C=O) groups is 1. The predicted molar refractivity (Wildman–Crippen MR) is 72.7 cm³/mol. The summed E-state index contributed by atoms with van der Waals surface area (Å²) >= 11 is 0. The van der Waals surface area contributed by atoms with Crippen molar-refractivity contribution in [3.05, 3.63) is 28.7 Å². The standard InChI is InChI=1S/C12H17N3O4S/c1-13-12(17)9-4-2-3-7-15(9)20(18,19)11-8-14-6-5-10(11)16/h5-6,8-9H,2-4,7H2,1H3,(H,13,17)(H,14,16). The lowest BCUT2D eigenvalue weighted by Crippen LogP contribution is -2.51. The lowest BCUT2D eigenvalue weighted by molar-refractivity contribution is -0.125. The molecule has 1 aliphatic heterocycles. The highest BCUT2D eigenvalue weighted by atomic mass is 32.2. The Morgan fingerprint density at radius 2 is 2.20 bits per heavy atom. The number of aromatic amines is 1. The lowest BCUT2D eigenvalue weighted by atomic mass is 10.0. The molecule has 1 atom stereocenters. The molecule has 110 valence electrons. The van der Waals surface area contributed by atoms with Crippen LogP contribution in [-0.2, 0) is 14.8 Å². The molecule has 1 amide bonds. The average molecular weight is 299 g/mol. The Kier molecular flexibility index (Phi) is 4.24. The summed E-state index contributed by atoms with van der Waals surface area (Å²) in [6.07, 6.45) is 4.46. The number of aromatic nitrogens is 1. The van der Waals surface area contributed by atoms with Gasteiger partial charge in [-0.1, -0.05) is 6.42 Å². The number of hydrogen-bond donors (Lipinski definition) is 2.